The van der Waals surface area contributed by atoms with E-state index in [1.54, 1.807) is 0 Å². The molecule has 1 aromatic rings. The molecule has 0 aromatic heterocycles. The summed E-state index contributed by atoms with van der Waals surface area (Å²) in [5.41, 5.74) is 1.27. The molecule has 1 aliphatic heterocycles. The first-order valence-corrected chi connectivity index (χ1v) is 8.33. The van der Waals surface area contributed by atoms with Gasteiger partial charge in [0.1, 0.15) is 13.2 Å². The Morgan fingerprint density at radius 1 is 1.25 bits per heavy atom. The highest BCUT2D eigenvalue weighted by atomic mass is 79.9. The van der Waals surface area contributed by atoms with Crippen LogP contribution in [0.2, 0.25) is 0 Å². The van der Waals surface area contributed by atoms with Crippen molar-refractivity contribution in [2.45, 2.75) is 37.1 Å². The lowest BCUT2D eigenvalue weighted by molar-refractivity contribution is -0.0264. The van der Waals surface area contributed by atoms with Gasteiger partial charge in [0.2, 0.25) is 0 Å². The zero-order valence-electron chi connectivity index (χ0n) is 11.8. The summed E-state index contributed by atoms with van der Waals surface area (Å²) in [7, 11) is 0. The third kappa shape index (κ3) is 3.12. The van der Waals surface area contributed by atoms with Gasteiger partial charge in [-0.15, -0.1) is 0 Å². The fourth-order valence-corrected chi connectivity index (χ4v) is 3.74. The second-order valence-electron chi connectivity index (χ2n) is 5.52. The topological polar surface area (TPSA) is 27.7 Å². The van der Waals surface area contributed by atoms with Gasteiger partial charge in [0.25, 0.3) is 0 Å². The van der Waals surface area contributed by atoms with Crippen LogP contribution in [0.15, 0.2) is 18.2 Å². The van der Waals surface area contributed by atoms with Crippen LogP contribution in [0, 0.1) is 5.92 Å². The maximum absolute atomic E-state index is 5.64. The van der Waals surface area contributed by atoms with Gasteiger partial charge in [0, 0.05) is 11.4 Å². The van der Waals surface area contributed by atoms with Gasteiger partial charge >= 0.3 is 0 Å². The molecule has 3 rings (SSSR count). The summed E-state index contributed by atoms with van der Waals surface area (Å²) in [5, 5.41) is 0. The van der Waals surface area contributed by atoms with Crippen LogP contribution in [0.25, 0.3) is 0 Å². The number of rotatable bonds is 5. The third-order valence-electron chi connectivity index (χ3n) is 4.06. The Balaban J connectivity index is 1.56. The van der Waals surface area contributed by atoms with E-state index in [4.69, 9.17) is 14.2 Å². The first kappa shape index (κ1) is 14.2. The second-order valence-corrected chi connectivity index (χ2v) is 6.63. The number of benzene rings is 1. The van der Waals surface area contributed by atoms with Gasteiger partial charge < -0.3 is 14.2 Å². The van der Waals surface area contributed by atoms with Crippen LogP contribution in [-0.2, 0) is 4.74 Å². The third-order valence-corrected chi connectivity index (χ3v) is 4.97. The molecule has 1 saturated carbocycles. The number of ether oxygens (including phenoxy) is 3. The second kappa shape index (κ2) is 6.35. The van der Waals surface area contributed by atoms with Crippen molar-refractivity contribution in [2.75, 3.05) is 19.8 Å². The Morgan fingerprint density at radius 3 is 2.75 bits per heavy atom. The Morgan fingerprint density at radius 2 is 2.00 bits per heavy atom. The minimum Gasteiger partial charge on any atom is -0.486 e. The van der Waals surface area contributed by atoms with Crippen molar-refractivity contribution in [2.24, 2.45) is 5.92 Å². The molecule has 1 aromatic carbocycles. The van der Waals surface area contributed by atoms with E-state index >= 15 is 0 Å². The number of hydrogen-bond acceptors (Lipinski definition) is 3. The van der Waals surface area contributed by atoms with E-state index in [9.17, 15) is 0 Å². The fraction of sp³-hybridized carbons (Fsp3) is 0.625. The van der Waals surface area contributed by atoms with Gasteiger partial charge in [-0.25, -0.2) is 0 Å². The molecule has 0 saturated heterocycles. The van der Waals surface area contributed by atoms with Gasteiger partial charge in [0.15, 0.2) is 11.5 Å². The summed E-state index contributed by atoms with van der Waals surface area (Å²) in [4.78, 5) is 0.380. The van der Waals surface area contributed by atoms with Crippen LogP contribution in [0.1, 0.15) is 36.6 Å². The molecule has 0 spiro atoms. The van der Waals surface area contributed by atoms with Crippen LogP contribution < -0.4 is 9.47 Å². The highest BCUT2D eigenvalue weighted by molar-refractivity contribution is 9.09. The summed E-state index contributed by atoms with van der Waals surface area (Å²) in [6, 6.07) is 6.25. The van der Waals surface area contributed by atoms with Crippen molar-refractivity contribution in [3.63, 3.8) is 0 Å². The molecular weight excluding hydrogens is 320 g/mol. The standard InChI is InChI=1S/C16H21BrO3/c1-2-18-13-7-11(8-13)9-14(17)12-3-4-15-16(10-12)20-6-5-19-15/h3-4,10-11,13-14H,2,5-9H2,1H3. The van der Waals surface area contributed by atoms with E-state index < -0.39 is 0 Å². The lowest BCUT2D eigenvalue weighted by Crippen LogP contribution is -2.31. The first-order chi connectivity index (χ1) is 9.76. The Hall–Kier alpha value is -0.740. The van der Waals surface area contributed by atoms with Crippen LogP contribution >= 0.6 is 15.9 Å². The summed E-state index contributed by atoms with van der Waals surface area (Å²) in [6.07, 6.45) is 4.04. The molecule has 110 valence electrons. The van der Waals surface area contributed by atoms with Crippen molar-refractivity contribution in [3.8, 4) is 11.5 Å². The highest BCUT2D eigenvalue weighted by Crippen LogP contribution is 2.42. The van der Waals surface area contributed by atoms with Crippen LogP contribution in [0.3, 0.4) is 0 Å². The Labute approximate surface area is 128 Å². The summed E-state index contributed by atoms with van der Waals surface area (Å²) in [6.45, 7) is 4.18. The number of fused-ring (bicyclic) bond motifs is 1. The van der Waals surface area contributed by atoms with Gasteiger partial charge in [-0.05, 0) is 49.8 Å². The normalized spacial score (nSPS) is 25.9. The van der Waals surface area contributed by atoms with Crippen molar-refractivity contribution < 1.29 is 14.2 Å². The molecule has 0 radical (unpaired) electrons. The summed E-state index contributed by atoms with van der Waals surface area (Å²) in [5.74, 6) is 2.50. The number of halogens is 1. The predicted octanol–water partition coefficient (Wildman–Crippen LogP) is 4.10. The van der Waals surface area contributed by atoms with E-state index in [-0.39, 0.29) is 0 Å². The van der Waals surface area contributed by atoms with Crippen LogP contribution in [0.5, 0.6) is 11.5 Å². The smallest absolute Gasteiger partial charge is 0.161 e. The molecule has 2 aliphatic rings. The van der Waals surface area contributed by atoms with Crippen LogP contribution in [-0.4, -0.2) is 25.9 Å². The SMILES string of the molecule is CCOC1CC(CC(Br)c2ccc3c(c2)OCCO3)C1. The molecule has 1 aliphatic carbocycles. The molecule has 0 amide bonds. The van der Waals surface area contributed by atoms with Crippen molar-refractivity contribution >= 4 is 15.9 Å². The Bertz CT molecular complexity index is 457. The van der Waals surface area contributed by atoms with Crippen LogP contribution in [0.4, 0.5) is 0 Å². The number of alkyl halides is 1. The van der Waals surface area contributed by atoms with Crippen molar-refractivity contribution in [1.82, 2.24) is 0 Å². The minimum atomic E-state index is 0.380. The molecule has 20 heavy (non-hydrogen) atoms. The minimum absolute atomic E-state index is 0.380. The lowest BCUT2D eigenvalue weighted by Gasteiger charge is -2.36. The number of hydrogen-bond donors (Lipinski definition) is 0. The van der Waals surface area contributed by atoms with Crippen molar-refractivity contribution in [1.29, 1.82) is 0 Å². The average Bonchev–Trinajstić information content (AvgIpc) is 2.44. The maximum atomic E-state index is 5.64. The van der Waals surface area contributed by atoms with E-state index in [1.807, 2.05) is 6.07 Å². The molecular formula is C16H21BrO3. The monoisotopic (exact) mass is 340 g/mol. The quantitative estimate of drug-likeness (QED) is 0.755. The summed E-state index contributed by atoms with van der Waals surface area (Å²) >= 11 is 3.81. The molecule has 1 fully saturated rings. The first-order valence-electron chi connectivity index (χ1n) is 7.41. The summed E-state index contributed by atoms with van der Waals surface area (Å²) < 4.78 is 16.8. The van der Waals surface area contributed by atoms with E-state index in [0.717, 1.165) is 30.4 Å². The van der Waals surface area contributed by atoms with Gasteiger partial charge in [-0.2, -0.15) is 0 Å². The molecule has 3 nitrogen and oxygen atoms in total. The van der Waals surface area contributed by atoms with Gasteiger partial charge in [-0.3, -0.25) is 0 Å². The molecule has 0 N–H and O–H groups in total. The lowest BCUT2D eigenvalue weighted by atomic mass is 9.78. The van der Waals surface area contributed by atoms with Gasteiger partial charge in [-0.1, -0.05) is 22.0 Å². The largest absolute Gasteiger partial charge is 0.486 e. The highest BCUT2D eigenvalue weighted by Gasteiger charge is 2.31. The average molecular weight is 341 g/mol. The Kier molecular flexibility index (Phi) is 4.51. The zero-order valence-corrected chi connectivity index (χ0v) is 13.4. The van der Waals surface area contributed by atoms with E-state index in [1.165, 1.54) is 18.4 Å². The fourth-order valence-electron chi connectivity index (χ4n) is 2.92. The molecule has 4 heteroatoms. The maximum Gasteiger partial charge on any atom is 0.161 e. The molecule has 0 bridgehead atoms. The molecule has 1 heterocycles. The van der Waals surface area contributed by atoms with E-state index in [2.05, 4.69) is 35.0 Å². The molecule has 1 atom stereocenters. The van der Waals surface area contributed by atoms with E-state index in [0.29, 0.717) is 24.1 Å². The predicted molar refractivity (Wildman–Crippen MR) is 81.9 cm³/mol. The molecule has 1 unspecified atom stereocenters. The zero-order chi connectivity index (χ0) is 13.9. The van der Waals surface area contributed by atoms with Crippen molar-refractivity contribution in [3.05, 3.63) is 23.8 Å². The van der Waals surface area contributed by atoms with Gasteiger partial charge in [0.05, 0.1) is 6.10 Å².